The lowest BCUT2D eigenvalue weighted by Crippen LogP contribution is -1.90. The zero-order valence-electron chi connectivity index (χ0n) is 14.0. The van der Waals surface area contributed by atoms with Gasteiger partial charge in [0.2, 0.25) is 0 Å². The summed E-state index contributed by atoms with van der Waals surface area (Å²) in [7, 11) is 2.01. The number of anilines is 1. The van der Waals surface area contributed by atoms with Gasteiger partial charge in [0, 0.05) is 12.6 Å². The van der Waals surface area contributed by atoms with Crippen molar-refractivity contribution < 1.29 is 0 Å². The summed E-state index contributed by atoms with van der Waals surface area (Å²) in [6, 6.07) is 16.8. The number of thiophene rings is 1. The molecule has 5 aromatic rings. The minimum Gasteiger partial charge on any atom is -0.383 e. The first kappa shape index (κ1) is 15.0. The number of rotatable bonds is 2. The maximum absolute atomic E-state index is 6.01. The van der Waals surface area contributed by atoms with E-state index in [1.807, 2.05) is 17.9 Å². The van der Waals surface area contributed by atoms with E-state index in [2.05, 4.69) is 63.5 Å². The lowest BCUT2D eigenvalue weighted by atomic mass is 10.0. The molecular formula is C20H15N5S. The van der Waals surface area contributed by atoms with Crippen LogP contribution in [-0.4, -0.2) is 19.5 Å². The van der Waals surface area contributed by atoms with Crippen LogP contribution in [0.1, 0.15) is 0 Å². The van der Waals surface area contributed by atoms with Crippen LogP contribution < -0.4 is 5.73 Å². The summed E-state index contributed by atoms with van der Waals surface area (Å²) in [4.78, 5) is 15.1. The molecule has 2 N–H and O–H groups in total. The molecule has 2 aromatic carbocycles. The third kappa shape index (κ3) is 2.27. The number of nitrogens with zero attached hydrogens (tertiary/aromatic N) is 4. The molecule has 0 fully saturated rings. The Kier molecular flexibility index (Phi) is 3.26. The number of fused-ring (bicyclic) bond motifs is 2. The summed E-state index contributed by atoms with van der Waals surface area (Å²) < 4.78 is 2.04. The van der Waals surface area contributed by atoms with Crippen LogP contribution >= 0.6 is 11.3 Å². The molecule has 0 saturated heterocycles. The number of hydrogen-bond acceptors (Lipinski definition) is 5. The molecule has 6 heteroatoms. The third-order valence-corrected chi connectivity index (χ3v) is 5.60. The Balaban J connectivity index is 1.72. The molecule has 5 rings (SSSR count). The van der Waals surface area contributed by atoms with Gasteiger partial charge in [-0.25, -0.2) is 15.0 Å². The largest absolute Gasteiger partial charge is 0.383 e. The molecule has 0 aliphatic heterocycles. The first-order valence-corrected chi connectivity index (χ1v) is 9.03. The monoisotopic (exact) mass is 357 g/mol. The molecule has 0 aliphatic rings. The van der Waals surface area contributed by atoms with Crippen LogP contribution in [0.4, 0.5) is 5.82 Å². The predicted octanol–water partition coefficient (Wildman–Crippen LogP) is 4.49. The van der Waals surface area contributed by atoms with Crippen molar-refractivity contribution in [2.75, 3.05) is 5.73 Å². The van der Waals surface area contributed by atoms with Crippen molar-refractivity contribution in [3.63, 3.8) is 0 Å². The molecule has 0 spiro atoms. The molecule has 0 amide bonds. The lowest BCUT2D eigenvalue weighted by molar-refractivity contribution is 0.924. The normalized spacial score (nSPS) is 11.4. The molecule has 5 nitrogen and oxygen atoms in total. The molecule has 126 valence electrons. The Hall–Kier alpha value is -3.25. The van der Waals surface area contributed by atoms with Crippen LogP contribution in [0.2, 0.25) is 0 Å². The topological polar surface area (TPSA) is 69.6 Å². The number of hydrogen-bond donors (Lipinski definition) is 1. The average Bonchev–Trinajstić information content (AvgIpc) is 3.25. The van der Waals surface area contributed by atoms with E-state index in [0.29, 0.717) is 5.82 Å². The van der Waals surface area contributed by atoms with Crippen LogP contribution in [-0.2, 0) is 7.05 Å². The fourth-order valence-electron chi connectivity index (χ4n) is 3.26. The van der Waals surface area contributed by atoms with E-state index in [1.165, 1.54) is 17.1 Å². The molecule has 0 radical (unpaired) electrons. The van der Waals surface area contributed by atoms with Gasteiger partial charge in [-0.3, -0.25) is 0 Å². The molecule has 0 saturated carbocycles. The van der Waals surface area contributed by atoms with Gasteiger partial charge >= 0.3 is 0 Å². The highest BCUT2D eigenvalue weighted by molar-refractivity contribution is 7.21. The van der Waals surface area contributed by atoms with Crippen molar-refractivity contribution in [3.05, 3.63) is 61.2 Å². The van der Waals surface area contributed by atoms with Crippen molar-refractivity contribution in [1.29, 1.82) is 0 Å². The van der Waals surface area contributed by atoms with Gasteiger partial charge in [0.05, 0.1) is 28.0 Å². The van der Waals surface area contributed by atoms with Crippen molar-refractivity contribution in [2.24, 2.45) is 7.05 Å². The number of aromatic nitrogens is 4. The average molecular weight is 357 g/mol. The van der Waals surface area contributed by atoms with Gasteiger partial charge < -0.3 is 10.3 Å². The summed E-state index contributed by atoms with van der Waals surface area (Å²) in [6.45, 7) is 0. The zero-order chi connectivity index (χ0) is 17.7. The van der Waals surface area contributed by atoms with E-state index < -0.39 is 0 Å². The van der Waals surface area contributed by atoms with E-state index >= 15 is 0 Å². The lowest BCUT2D eigenvalue weighted by Gasteiger charge is -2.06. The summed E-state index contributed by atoms with van der Waals surface area (Å²) in [5.41, 5.74) is 9.11. The van der Waals surface area contributed by atoms with Crippen LogP contribution in [0.5, 0.6) is 0 Å². The van der Waals surface area contributed by atoms with Crippen molar-refractivity contribution >= 4 is 38.1 Å². The summed E-state index contributed by atoms with van der Waals surface area (Å²) in [5.74, 6) is 0.506. The quantitative estimate of drug-likeness (QED) is 0.505. The summed E-state index contributed by atoms with van der Waals surface area (Å²) >= 11 is 1.60. The minimum atomic E-state index is 0.506. The molecule has 0 bridgehead atoms. The fraction of sp³-hybridized carbons (Fsp3) is 0.0500. The number of benzene rings is 2. The Morgan fingerprint density at radius 3 is 2.65 bits per heavy atom. The molecule has 26 heavy (non-hydrogen) atoms. The molecular weight excluding hydrogens is 342 g/mol. The maximum Gasteiger partial charge on any atom is 0.135 e. The second-order valence-corrected chi connectivity index (χ2v) is 7.23. The van der Waals surface area contributed by atoms with Crippen LogP contribution in [0.25, 0.3) is 42.8 Å². The van der Waals surface area contributed by atoms with Gasteiger partial charge in [-0.2, -0.15) is 0 Å². The van der Waals surface area contributed by atoms with E-state index in [1.54, 1.807) is 11.3 Å². The molecule has 3 heterocycles. The van der Waals surface area contributed by atoms with Gasteiger partial charge in [-0.05, 0) is 22.9 Å². The third-order valence-electron chi connectivity index (χ3n) is 4.55. The molecule has 3 aromatic heterocycles. The van der Waals surface area contributed by atoms with E-state index in [0.717, 1.165) is 32.0 Å². The zero-order valence-corrected chi connectivity index (χ0v) is 14.9. The maximum atomic E-state index is 6.01. The Morgan fingerprint density at radius 2 is 1.81 bits per heavy atom. The van der Waals surface area contributed by atoms with Gasteiger partial charge in [-0.15, -0.1) is 11.3 Å². The van der Waals surface area contributed by atoms with Gasteiger partial charge in [0.15, 0.2) is 0 Å². The highest BCUT2D eigenvalue weighted by Gasteiger charge is 2.17. The van der Waals surface area contributed by atoms with Crippen molar-refractivity contribution in [3.8, 4) is 21.8 Å². The number of aryl methyl sites for hydroxylation is 1. The number of nitrogen functional groups attached to an aromatic ring is 1. The number of imidazole rings is 1. The SMILES string of the molecule is Cn1cnc(-c2ccc3ccccc3c2)c1-c1cc2c(N)ncnc2s1. The molecule has 0 unspecified atom stereocenters. The van der Waals surface area contributed by atoms with Crippen LogP contribution in [0, 0.1) is 0 Å². The smallest absolute Gasteiger partial charge is 0.135 e. The van der Waals surface area contributed by atoms with Crippen LogP contribution in [0.15, 0.2) is 61.2 Å². The second-order valence-electron chi connectivity index (χ2n) is 6.20. The first-order valence-electron chi connectivity index (χ1n) is 8.21. The Labute approximate surface area is 153 Å². The Bertz CT molecular complexity index is 1270. The Morgan fingerprint density at radius 1 is 0.962 bits per heavy atom. The summed E-state index contributed by atoms with van der Waals surface area (Å²) in [6.07, 6.45) is 3.35. The van der Waals surface area contributed by atoms with Gasteiger partial charge in [0.1, 0.15) is 17.0 Å². The predicted molar refractivity (Wildman–Crippen MR) is 107 cm³/mol. The van der Waals surface area contributed by atoms with Crippen molar-refractivity contribution in [2.45, 2.75) is 0 Å². The highest BCUT2D eigenvalue weighted by atomic mass is 32.1. The minimum absolute atomic E-state index is 0.506. The highest BCUT2D eigenvalue weighted by Crippen LogP contribution is 2.39. The fourth-order valence-corrected chi connectivity index (χ4v) is 4.35. The summed E-state index contributed by atoms with van der Waals surface area (Å²) in [5, 5.41) is 3.31. The van der Waals surface area contributed by atoms with E-state index in [-0.39, 0.29) is 0 Å². The van der Waals surface area contributed by atoms with Crippen LogP contribution in [0.3, 0.4) is 0 Å². The number of nitrogens with two attached hydrogens (primary N) is 1. The van der Waals surface area contributed by atoms with Gasteiger partial charge in [0.25, 0.3) is 0 Å². The molecule has 0 atom stereocenters. The second kappa shape index (κ2) is 5.64. The molecule has 0 aliphatic carbocycles. The first-order chi connectivity index (χ1) is 12.7. The van der Waals surface area contributed by atoms with E-state index in [9.17, 15) is 0 Å². The van der Waals surface area contributed by atoms with Crippen molar-refractivity contribution in [1.82, 2.24) is 19.5 Å². The standard InChI is InChI=1S/C20H15N5S/c1-25-11-24-17(14-7-6-12-4-2-3-5-13(12)8-14)18(25)16-9-15-19(21)22-10-23-20(15)26-16/h2-11H,1H3,(H2,21,22,23). The van der Waals surface area contributed by atoms with E-state index in [4.69, 9.17) is 5.73 Å². The van der Waals surface area contributed by atoms with Gasteiger partial charge in [-0.1, -0.05) is 36.4 Å².